The van der Waals surface area contributed by atoms with Crippen LogP contribution in [0.4, 0.5) is 0 Å². The molecule has 0 bridgehead atoms. The van der Waals surface area contributed by atoms with Gasteiger partial charge in [0, 0.05) is 13.1 Å². The van der Waals surface area contributed by atoms with Crippen LogP contribution in [0.2, 0.25) is 0 Å². The molecule has 0 saturated carbocycles. The minimum absolute atomic E-state index is 0.0750. The summed E-state index contributed by atoms with van der Waals surface area (Å²) in [5.41, 5.74) is 4.42. The van der Waals surface area contributed by atoms with Crippen LogP contribution in [0.1, 0.15) is 97.3 Å². The molecule has 0 radical (unpaired) electrons. The second-order valence-corrected chi connectivity index (χ2v) is 11.8. The molecule has 0 aromatic carbocycles. The monoisotopic (exact) mass is 497 g/mol. The zero-order chi connectivity index (χ0) is 24.3. The van der Waals surface area contributed by atoms with E-state index in [1.165, 1.54) is 12.8 Å². The molecule has 0 fully saturated rings. The van der Waals surface area contributed by atoms with Gasteiger partial charge in [-0.05, 0) is 32.1 Å². The first-order valence-electron chi connectivity index (χ1n) is 12.0. The van der Waals surface area contributed by atoms with E-state index in [2.05, 4.69) is 29.4 Å². The molecule has 9 nitrogen and oxygen atoms in total. The van der Waals surface area contributed by atoms with Gasteiger partial charge in [0.1, 0.15) is 0 Å². The van der Waals surface area contributed by atoms with Crippen LogP contribution in [-0.4, -0.2) is 56.4 Å². The molecule has 190 valence electrons. The van der Waals surface area contributed by atoms with Crippen LogP contribution >= 0.6 is 15.2 Å². The van der Waals surface area contributed by atoms with E-state index in [-0.39, 0.29) is 18.9 Å². The van der Waals surface area contributed by atoms with Crippen molar-refractivity contribution in [2.75, 3.05) is 25.4 Å². The molecular formula is C21H45N3O6P2. The van der Waals surface area contributed by atoms with E-state index in [0.29, 0.717) is 13.0 Å². The summed E-state index contributed by atoms with van der Waals surface area (Å²) < 4.78 is 22.2. The summed E-state index contributed by atoms with van der Waals surface area (Å²) in [6.07, 6.45) is 12.4. The minimum atomic E-state index is -4.09. The van der Waals surface area contributed by atoms with Gasteiger partial charge in [-0.25, -0.2) is 0 Å². The number of hydrogen-bond donors (Lipinski definition) is 5. The van der Waals surface area contributed by atoms with Crippen molar-refractivity contribution >= 4 is 26.6 Å². The van der Waals surface area contributed by atoms with E-state index < -0.39 is 15.2 Å². The Bertz CT molecular complexity index is 577. The third kappa shape index (κ3) is 21.3. The highest BCUT2D eigenvalue weighted by Crippen LogP contribution is 2.34. The van der Waals surface area contributed by atoms with Crippen molar-refractivity contribution in [1.29, 1.82) is 0 Å². The number of aliphatic imine (C=N–C) groups is 1. The van der Waals surface area contributed by atoms with Gasteiger partial charge in [-0.2, -0.15) is 5.10 Å². The lowest BCUT2D eigenvalue weighted by Gasteiger charge is -2.12. The standard InChI is InChI=1S/C21H45N3O6P2/c1-3-5-7-9-11-14-20(22-16-13-18-31(25,26)27)21(15-12-10-8-6-4-2)24-23-17-19-32(28,29)30/h23H,3-19H2,1-2H3,(H2,25,26,27)(H2,28,29,30)/b22-20?,24-21-. The number of hydrogen-bond acceptors (Lipinski definition) is 5. The zero-order valence-corrected chi connectivity index (χ0v) is 21.7. The van der Waals surface area contributed by atoms with Gasteiger partial charge in [0.05, 0.1) is 23.7 Å². The molecule has 0 atom stereocenters. The van der Waals surface area contributed by atoms with Gasteiger partial charge in [-0.1, -0.05) is 65.2 Å². The fourth-order valence-corrected chi connectivity index (χ4v) is 4.15. The van der Waals surface area contributed by atoms with Gasteiger partial charge in [-0.15, -0.1) is 0 Å². The molecule has 0 aliphatic heterocycles. The molecule has 0 aromatic heterocycles. The summed E-state index contributed by atoms with van der Waals surface area (Å²) in [5.74, 6) is 0. The molecule has 0 unspecified atom stereocenters. The molecule has 11 heteroatoms. The van der Waals surface area contributed by atoms with Crippen molar-refractivity contribution < 1.29 is 28.7 Å². The second kappa shape index (κ2) is 18.8. The van der Waals surface area contributed by atoms with Crippen molar-refractivity contribution in [1.82, 2.24) is 5.43 Å². The normalized spacial score (nSPS) is 13.6. The molecule has 5 N–H and O–H groups in total. The maximum Gasteiger partial charge on any atom is 0.327 e. The summed E-state index contributed by atoms with van der Waals surface area (Å²) in [7, 11) is -8.12. The van der Waals surface area contributed by atoms with E-state index >= 15 is 0 Å². The van der Waals surface area contributed by atoms with Crippen LogP contribution < -0.4 is 5.43 Å². The lowest BCUT2D eigenvalue weighted by atomic mass is 10.0. The highest BCUT2D eigenvalue weighted by molar-refractivity contribution is 7.52. The van der Waals surface area contributed by atoms with Crippen molar-refractivity contribution in [3.63, 3.8) is 0 Å². The fourth-order valence-electron chi connectivity index (χ4n) is 3.21. The second-order valence-electron chi connectivity index (χ2n) is 8.25. The van der Waals surface area contributed by atoms with E-state index in [0.717, 1.165) is 75.6 Å². The Morgan fingerprint density at radius 2 is 1.19 bits per heavy atom. The quantitative estimate of drug-likeness (QED) is 0.0658. The van der Waals surface area contributed by atoms with E-state index in [1.54, 1.807) is 0 Å². The Morgan fingerprint density at radius 1 is 0.688 bits per heavy atom. The fraction of sp³-hybridized carbons (Fsp3) is 0.905. The number of nitrogens with zero attached hydrogens (tertiary/aromatic N) is 2. The molecule has 0 saturated heterocycles. The zero-order valence-electron chi connectivity index (χ0n) is 19.9. The topological polar surface area (TPSA) is 152 Å². The Kier molecular flexibility index (Phi) is 18.5. The Hall–Kier alpha value is -0.560. The van der Waals surface area contributed by atoms with Crippen molar-refractivity contribution in [3.05, 3.63) is 0 Å². The molecule has 0 spiro atoms. The van der Waals surface area contributed by atoms with Gasteiger partial charge < -0.3 is 25.0 Å². The summed E-state index contributed by atoms with van der Waals surface area (Å²) in [6.45, 7) is 4.73. The largest absolute Gasteiger partial charge is 0.327 e. The van der Waals surface area contributed by atoms with Gasteiger partial charge in [0.2, 0.25) is 0 Å². The third-order valence-corrected chi connectivity index (χ3v) is 6.71. The lowest BCUT2D eigenvalue weighted by molar-refractivity contribution is 0.370. The first-order valence-corrected chi connectivity index (χ1v) is 15.6. The highest BCUT2D eigenvalue weighted by atomic mass is 31.2. The molecule has 0 rings (SSSR count). The average Bonchev–Trinajstić information content (AvgIpc) is 2.69. The summed E-state index contributed by atoms with van der Waals surface area (Å²) in [4.78, 5) is 40.9. The van der Waals surface area contributed by atoms with Crippen molar-refractivity contribution in [3.8, 4) is 0 Å². The van der Waals surface area contributed by atoms with Crippen LogP contribution in [0.3, 0.4) is 0 Å². The van der Waals surface area contributed by atoms with Gasteiger partial charge in [0.15, 0.2) is 0 Å². The Morgan fingerprint density at radius 3 is 1.69 bits per heavy atom. The van der Waals surface area contributed by atoms with Crippen LogP contribution in [0.25, 0.3) is 0 Å². The summed E-state index contributed by atoms with van der Waals surface area (Å²) in [5, 5.41) is 4.43. The molecular weight excluding hydrogens is 452 g/mol. The SMILES string of the molecule is CCCCCCCC(=NCCCP(=O)(O)O)/C(CCCCCCC)=N\NCCP(=O)(O)O. The molecule has 0 heterocycles. The minimum Gasteiger partial charge on any atom is -0.324 e. The summed E-state index contributed by atoms with van der Waals surface area (Å²) >= 11 is 0. The van der Waals surface area contributed by atoms with Crippen molar-refractivity contribution in [2.45, 2.75) is 97.3 Å². The Labute approximate surface area is 193 Å². The number of rotatable bonds is 21. The van der Waals surface area contributed by atoms with Crippen molar-refractivity contribution in [2.24, 2.45) is 10.1 Å². The molecule has 0 amide bonds. The number of unbranched alkanes of at least 4 members (excludes halogenated alkanes) is 8. The Balaban J connectivity index is 5.18. The van der Waals surface area contributed by atoms with Crippen LogP contribution in [0, 0.1) is 0 Å². The predicted octanol–water partition coefficient (Wildman–Crippen LogP) is 4.84. The predicted molar refractivity (Wildman–Crippen MR) is 133 cm³/mol. The van der Waals surface area contributed by atoms with Crippen LogP contribution in [0.5, 0.6) is 0 Å². The maximum atomic E-state index is 11.1. The smallest absolute Gasteiger partial charge is 0.324 e. The first-order chi connectivity index (χ1) is 15.1. The molecule has 0 aliphatic carbocycles. The van der Waals surface area contributed by atoms with Gasteiger partial charge in [0.25, 0.3) is 0 Å². The van der Waals surface area contributed by atoms with Gasteiger partial charge in [-0.3, -0.25) is 14.1 Å². The van der Waals surface area contributed by atoms with E-state index in [4.69, 9.17) is 19.6 Å². The molecule has 0 aromatic rings. The highest BCUT2D eigenvalue weighted by Gasteiger charge is 2.14. The third-order valence-electron chi connectivity index (χ3n) is 5.01. The van der Waals surface area contributed by atoms with Crippen LogP contribution in [0.15, 0.2) is 10.1 Å². The van der Waals surface area contributed by atoms with E-state index in [9.17, 15) is 9.13 Å². The molecule has 32 heavy (non-hydrogen) atoms. The first kappa shape index (κ1) is 31.4. The number of nitrogens with one attached hydrogen (secondary N) is 1. The van der Waals surface area contributed by atoms with Crippen LogP contribution in [-0.2, 0) is 9.13 Å². The molecule has 0 aliphatic rings. The summed E-state index contributed by atoms with van der Waals surface area (Å²) in [6, 6.07) is 0. The maximum absolute atomic E-state index is 11.1. The van der Waals surface area contributed by atoms with E-state index in [1.807, 2.05) is 0 Å². The number of hydrazone groups is 1. The average molecular weight is 498 g/mol. The van der Waals surface area contributed by atoms with Gasteiger partial charge >= 0.3 is 15.2 Å². The lowest BCUT2D eigenvalue weighted by Crippen LogP contribution is -2.22.